The van der Waals surface area contributed by atoms with Gasteiger partial charge >= 0.3 is 0 Å². The van der Waals surface area contributed by atoms with Gasteiger partial charge in [-0.1, -0.05) is 84.9 Å². The quantitative estimate of drug-likeness (QED) is 0.243. The molecule has 1 atom stereocenters. The number of aromatic nitrogens is 1. The number of rotatable bonds is 12. The van der Waals surface area contributed by atoms with Crippen LogP contribution in [0.1, 0.15) is 33.9 Å². The third kappa shape index (κ3) is 7.28. The molecule has 1 aliphatic heterocycles. The standard InChI is InChI=1S/C35H40N4O4/c1-42-21-19-37(20-22-43-2)33(40)23-30-26-38(35(41)32-25-36-24-29-15-9-10-16-31(29)32)17-18-39(30)34(27-11-5-3-6-12-27)28-13-7-4-8-14-28/h3-16,24-25,30,34H,17-23,26H2,1-2H3/t30-/m1/s1. The van der Waals surface area contributed by atoms with E-state index >= 15 is 0 Å². The number of hydrogen-bond acceptors (Lipinski definition) is 6. The molecule has 1 saturated heterocycles. The third-order valence-electron chi connectivity index (χ3n) is 8.17. The molecule has 2 amide bonds. The van der Waals surface area contributed by atoms with Crippen LogP contribution in [0.25, 0.3) is 10.8 Å². The molecule has 0 saturated carbocycles. The molecule has 0 unspecified atom stereocenters. The number of nitrogens with zero attached hydrogens (tertiary/aromatic N) is 4. The minimum atomic E-state index is -0.217. The fourth-order valence-electron chi connectivity index (χ4n) is 5.97. The Hall–Kier alpha value is -4.11. The van der Waals surface area contributed by atoms with Crippen LogP contribution >= 0.6 is 0 Å². The molecule has 1 aliphatic rings. The van der Waals surface area contributed by atoms with E-state index in [1.54, 1.807) is 31.5 Å². The van der Waals surface area contributed by atoms with Gasteiger partial charge in [-0.25, -0.2) is 0 Å². The first-order valence-electron chi connectivity index (χ1n) is 14.8. The highest BCUT2D eigenvalue weighted by Gasteiger charge is 2.37. The maximum absolute atomic E-state index is 14.0. The van der Waals surface area contributed by atoms with Crippen molar-refractivity contribution in [3.05, 3.63) is 114 Å². The lowest BCUT2D eigenvalue weighted by molar-refractivity contribution is -0.134. The average molecular weight is 581 g/mol. The molecule has 224 valence electrons. The van der Waals surface area contributed by atoms with Crippen molar-refractivity contribution in [3.63, 3.8) is 0 Å². The average Bonchev–Trinajstić information content (AvgIpc) is 3.06. The van der Waals surface area contributed by atoms with E-state index in [0.717, 1.165) is 21.9 Å². The number of piperazine rings is 1. The van der Waals surface area contributed by atoms with Crippen molar-refractivity contribution in [1.29, 1.82) is 0 Å². The number of methoxy groups -OCH3 is 2. The maximum Gasteiger partial charge on any atom is 0.256 e. The van der Waals surface area contributed by atoms with Gasteiger partial charge < -0.3 is 19.3 Å². The Kier molecular flexibility index (Phi) is 10.5. The zero-order chi connectivity index (χ0) is 30.0. The van der Waals surface area contributed by atoms with Crippen LogP contribution in [0.4, 0.5) is 0 Å². The Morgan fingerprint density at radius 1 is 0.837 bits per heavy atom. The summed E-state index contributed by atoms with van der Waals surface area (Å²) in [7, 11) is 3.27. The van der Waals surface area contributed by atoms with E-state index < -0.39 is 0 Å². The first-order valence-corrected chi connectivity index (χ1v) is 14.8. The first kappa shape index (κ1) is 30.4. The van der Waals surface area contributed by atoms with Crippen LogP contribution in [0, 0.1) is 0 Å². The number of carbonyl (C=O) groups excluding carboxylic acids is 2. The van der Waals surface area contributed by atoms with Crippen molar-refractivity contribution < 1.29 is 19.1 Å². The molecule has 8 heteroatoms. The third-order valence-corrected chi connectivity index (χ3v) is 8.17. The van der Waals surface area contributed by atoms with Gasteiger partial charge in [-0.2, -0.15) is 0 Å². The van der Waals surface area contributed by atoms with Gasteiger partial charge in [0.05, 0.1) is 24.8 Å². The second-order valence-electron chi connectivity index (χ2n) is 10.8. The van der Waals surface area contributed by atoms with Gasteiger partial charge in [0.15, 0.2) is 0 Å². The lowest BCUT2D eigenvalue weighted by Gasteiger charge is -2.46. The molecule has 5 rings (SSSR count). The second-order valence-corrected chi connectivity index (χ2v) is 10.8. The smallest absolute Gasteiger partial charge is 0.256 e. The zero-order valence-corrected chi connectivity index (χ0v) is 25.0. The van der Waals surface area contributed by atoms with Crippen molar-refractivity contribution in [2.45, 2.75) is 18.5 Å². The number of carbonyl (C=O) groups is 2. The van der Waals surface area contributed by atoms with E-state index in [9.17, 15) is 9.59 Å². The lowest BCUT2D eigenvalue weighted by Crippen LogP contribution is -2.57. The van der Waals surface area contributed by atoms with Crippen LogP contribution in [0.3, 0.4) is 0 Å². The predicted octanol–water partition coefficient (Wildman–Crippen LogP) is 4.66. The van der Waals surface area contributed by atoms with E-state index in [0.29, 0.717) is 51.5 Å². The van der Waals surface area contributed by atoms with Crippen LogP contribution in [0.2, 0.25) is 0 Å². The molecule has 0 spiro atoms. The van der Waals surface area contributed by atoms with Gasteiger partial charge in [-0.05, 0) is 16.5 Å². The molecule has 1 aromatic heterocycles. The predicted molar refractivity (Wildman–Crippen MR) is 168 cm³/mol. The highest BCUT2D eigenvalue weighted by molar-refractivity contribution is 6.06. The Labute approximate surface area is 253 Å². The zero-order valence-electron chi connectivity index (χ0n) is 25.0. The molecule has 43 heavy (non-hydrogen) atoms. The SMILES string of the molecule is COCCN(CCOC)C(=O)C[C@@H]1CN(C(=O)c2cncc3ccccc23)CCN1C(c1ccccc1)c1ccccc1. The minimum Gasteiger partial charge on any atom is -0.383 e. The number of hydrogen-bond donors (Lipinski definition) is 0. The number of benzene rings is 3. The Morgan fingerprint density at radius 3 is 2.07 bits per heavy atom. The molecule has 0 radical (unpaired) electrons. The van der Waals surface area contributed by atoms with Crippen LogP contribution in [-0.4, -0.2) is 97.7 Å². The number of amides is 2. The minimum absolute atomic E-state index is 0.0186. The van der Waals surface area contributed by atoms with Gasteiger partial charge in [0.25, 0.3) is 5.91 Å². The summed E-state index contributed by atoms with van der Waals surface area (Å²) in [5.74, 6) is -0.0434. The fraction of sp³-hybridized carbons (Fsp3) is 0.343. The van der Waals surface area contributed by atoms with Crippen molar-refractivity contribution >= 4 is 22.6 Å². The molecule has 4 aromatic rings. The molecule has 2 heterocycles. The number of fused-ring (bicyclic) bond motifs is 1. The molecule has 8 nitrogen and oxygen atoms in total. The van der Waals surface area contributed by atoms with Crippen LogP contribution in [0.5, 0.6) is 0 Å². The van der Waals surface area contributed by atoms with E-state index in [1.165, 1.54) is 0 Å². The summed E-state index contributed by atoms with van der Waals surface area (Å²) < 4.78 is 10.6. The highest BCUT2D eigenvalue weighted by Crippen LogP contribution is 2.33. The Morgan fingerprint density at radius 2 is 1.44 bits per heavy atom. The molecular weight excluding hydrogens is 540 g/mol. The fourth-order valence-corrected chi connectivity index (χ4v) is 5.97. The van der Waals surface area contributed by atoms with E-state index in [2.05, 4.69) is 58.4 Å². The van der Waals surface area contributed by atoms with Crippen LogP contribution < -0.4 is 0 Å². The van der Waals surface area contributed by atoms with E-state index in [4.69, 9.17) is 9.47 Å². The van der Waals surface area contributed by atoms with E-state index in [1.807, 2.05) is 41.3 Å². The summed E-state index contributed by atoms with van der Waals surface area (Å²) in [5, 5.41) is 1.81. The normalized spacial score (nSPS) is 15.6. The summed E-state index contributed by atoms with van der Waals surface area (Å²) in [6.07, 6.45) is 3.71. The van der Waals surface area contributed by atoms with Crippen molar-refractivity contribution in [2.75, 3.05) is 60.2 Å². The summed E-state index contributed by atoms with van der Waals surface area (Å²) >= 11 is 0. The van der Waals surface area contributed by atoms with Gasteiger partial charge in [0.2, 0.25) is 5.91 Å². The molecular formula is C35H40N4O4. The Bertz CT molecular complexity index is 1430. The lowest BCUT2D eigenvalue weighted by atomic mass is 9.93. The molecule has 0 bridgehead atoms. The van der Waals surface area contributed by atoms with Gasteiger partial charge in [0.1, 0.15) is 0 Å². The topological polar surface area (TPSA) is 75.2 Å². The van der Waals surface area contributed by atoms with Crippen molar-refractivity contribution in [2.24, 2.45) is 0 Å². The largest absolute Gasteiger partial charge is 0.383 e. The van der Waals surface area contributed by atoms with Crippen LogP contribution in [-0.2, 0) is 14.3 Å². The number of ether oxygens (including phenoxy) is 2. The van der Waals surface area contributed by atoms with Gasteiger partial charge in [0, 0.05) is 77.2 Å². The summed E-state index contributed by atoms with van der Waals surface area (Å²) in [6.45, 7) is 3.43. The summed E-state index contributed by atoms with van der Waals surface area (Å²) in [5.41, 5.74) is 2.89. The molecule has 0 aliphatic carbocycles. The van der Waals surface area contributed by atoms with E-state index in [-0.39, 0.29) is 30.3 Å². The maximum atomic E-state index is 14.0. The van der Waals surface area contributed by atoms with Gasteiger partial charge in [-0.3, -0.25) is 19.5 Å². The highest BCUT2D eigenvalue weighted by atomic mass is 16.5. The van der Waals surface area contributed by atoms with Gasteiger partial charge in [-0.15, -0.1) is 0 Å². The molecule has 0 N–H and O–H groups in total. The second kappa shape index (κ2) is 14.9. The summed E-state index contributed by atoms with van der Waals surface area (Å²) in [4.78, 5) is 38.3. The van der Waals surface area contributed by atoms with Crippen molar-refractivity contribution in [1.82, 2.24) is 19.7 Å². The van der Waals surface area contributed by atoms with Crippen LogP contribution in [0.15, 0.2) is 97.3 Å². The first-order chi connectivity index (χ1) is 21.1. The van der Waals surface area contributed by atoms with Crippen molar-refractivity contribution in [3.8, 4) is 0 Å². The Balaban J connectivity index is 1.48. The monoisotopic (exact) mass is 580 g/mol. The molecule has 3 aromatic carbocycles. The summed E-state index contributed by atoms with van der Waals surface area (Å²) in [6, 6.07) is 28.3. The number of pyridine rings is 1. The molecule has 1 fully saturated rings.